The van der Waals surface area contributed by atoms with Gasteiger partial charge >= 0.3 is 5.97 Å². The number of benzene rings is 3. The number of amides is 1. The third-order valence-corrected chi connectivity index (χ3v) is 8.54. The van der Waals surface area contributed by atoms with Gasteiger partial charge in [-0.1, -0.05) is 49.1 Å². The molecule has 1 heterocycles. The SMILES string of the molecule is CCOC(=O)C(C)c1ccc(NC(=O)C(C2CCCCC2)C2(c3ccc(Cl)cc3)Nc3cc(F)c(F)cc3N2)c(F)c1. The van der Waals surface area contributed by atoms with Crippen LogP contribution in [-0.2, 0) is 20.0 Å². The van der Waals surface area contributed by atoms with Crippen LogP contribution in [0.4, 0.5) is 30.2 Å². The summed E-state index contributed by atoms with van der Waals surface area (Å²) in [6, 6.07) is 13.2. The van der Waals surface area contributed by atoms with Crippen LogP contribution in [0, 0.1) is 29.3 Å². The molecule has 0 spiro atoms. The molecule has 3 N–H and O–H groups in total. The second kappa shape index (κ2) is 12.3. The molecule has 2 unspecified atom stereocenters. The second-order valence-corrected chi connectivity index (χ2v) is 11.4. The molecule has 3 aromatic carbocycles. The van der Waals surface area contributed by atoms with Gasteiger partial charge in [0.25, 0.3) is 0 Å². The van der Waals surface area contributed by atoms with E-state index in [1.165, 1.54) is 12.1 Å². The maximum atomic E-state index is 15.4. The summed E-state index contributed by atoms with van der Waals surface area (Å²) in [6.07, 6.45) is 4.35. The molecule has 10 heteroatoms. The zero-order valence-corrected chi connectivity index (χ0v) is 24.2. The van der Waals surface area contributed by atoms with E-state index in [0.717, 1.165) is 44.2 Å². The third-order valence-electron chi connectivity index (χ3n) is 8.29. The minimum Gasteiger partial charge on any atom is -0.466 e. The molecule has 0 radical (unpaired) electrons. The highest BCUT2D eigenvalue weighted by molar-refractivity contribution is 6.30. The van der Waals surface area contributed by atoms with Crippen LogP contribution in [-0.4, -0.2) is 18.5 Å². The van der Waals surface area contributed by atoms with Crippen LogP contribution < -0.4 is 16.0 Å². The zero-order valence-electron chi connectivity index (χ0n) is 23.4. The number of carbonyl (C=O) groups excluding carboxylic acids is 2. The average Bonchev–Trinajstić information content (AvgIpc) is 3.33. The highest BCUT2D eigenvalue weighted by Gasteiger charge is 2.52. The Hall–Kier alpha value is -3.72. The van der Waals surface area contributed by atoms with Crippen molar-refractivity contribution < 1.29 is 27.5 Å². The topological polar surface area (TPSA) is 79.5 Å². The summed E-state index contributed by atoms with van der Waals surface area (Å²) in [4.78, 5) is 26.5. The number of rotatable bonds is 8. The predicted octanol–water partition coefficient (Wildman–Crippen LogP) is 7.95. The first kappa shape index (κ1) is 29.8. The number of nitrogens with one attached hydrogen (secondary N) is 3. The van der Waals surface area contributed by atoms with E-state index in [0.29, 0.717) is 27.5 Å². The Labute approximate surface area is 248 Å². The summed E-state index contributed by atoms with van der Waals surface area (Å²) in [5, 5.41) is 9.89. The number of hydrogen-bond acceptors (Lipinski definition) is 5. The molecule has 42 heavy (non-hydrogen) atoms. The van der Waals surface area contributed by atoms with Crippen molar-refractivity contribution in [3.63, 3.8) is 0 Å². The van der Waals surface area contributed by atoms with Gasteiger partial charge in [-0.15, -0.1) is 0 Å². The number of anilines is 3. The summed E-state index contributed by atoms with van der Waals surface area (Å²) >= 11 is 6.19. The smallest absolute Gasteiger partial charge is 0.313 e. The van der Waals surface area contributed by atoms with E-state index in [1.807, 2.05) is 0 Å². The maximum absolute atomic E-state index is 15.4. The normalized spacial score (nSPS) is 17.4. The monoisotopic (exact) mass is 599 g/mol. The van der Waals surface area contributed by atoms with Crippen LogP contribution >= 0.6 is 11.6 Å². The van der Waals surface area contributed by atoms with E-state index in [1.54, 1.807) is 44.2 Å². The fourth-order valence-corrected chi connectivity index (χ4v) is 6.28. The molecule has 1 saturated carbocycles. The largest absolute Gasteiger partial charge is 0.466 e. The van der Waals surface area contributed by atoms with E-state index < -0.39 is 46.8 Å². The summed E-state index contributed by atoms with van der Waals surface area (Å²) in [5.41, 5.74) is 0.313. The molecule has 2 atom stereocenters. The number of halogens is 4. The maximum Gasteiger partial charge on any atom is 0.313 e. The molecule has 0 saturated heterocycles. The minimum absolute atomic E-state index is 0.0422. The van der Waals surface area contributed by atoms with E-state index in [4.69, 9.17) is 16.3 Å². The first-order valence-electron chi connectivity index (χ1n) is 14.2. The number of ether oxygens (including phenoxy) is 1. The van der Waals surface area contributed by atoms with Crippen molar-refractivity contribution in [3.05, 3.63) is 88.2 Å². The standard InChI is InChI=1S/C32H33ClF3N3O3/c1-3-42-31(41)18(2)20-9-14-26(25(36)15-20)37-30(40)29(19-7-5-4-6-8-19)32(21-10-12-22(33)13-11-21)38-27-16-23(34)24(35)17-28(27)39-32/h9-19,29,38-39H,3-8H2,1-2H3,(H,37,40). The van der Waals surface area contributed by atoms with Gasteiger partial charge < -0.3 is 20.7 Å². The molecule has 222 valence electrons. The average molecular weight is 600 g/mol. The molecular weight excluding hydrogens is 567 g/mol. The molecule has 5 rings (SSSR count). The van der Waals surface area contributed by atoms with Crippen molar-refractivity contribution in [1.82, 2.24) is 0 Å². The van der Waals surface area contributed by atoms with E-state index in [2.05, 4.69) is 16.0 Å². The Morgan fingerprint density at radius 1 is 0.952 bits per heavy atom. The Balaban J connectivity index is 1.54. The van der Waals surface area contributed by atoms with Crippen LogP contribution in [0.2, 0.25) is 5.02 Å². The number of carbonyl (C=O) groups is 2. The fraction of sp³-hybridized carbons (Fsp3) is 0.375. The van der Waals surface area contributed by atoms with Crippen molar-refractivity contribution in [1.29, 1.82) is 0 Å². The second-order valence-electron chi connectivity index (χ2n) is 11.0. The highest BCUT2D eigenvalue weighted by Crippen LogP contribution is 2.49. The highest BCUT2D eigenvalue weighted by atomic mass is 35.5. The Kier molecular flexibility index (Phi) is 8.68. The molecule has 1 aliphatic carbocycles. The van der Waals surface area contributed by atoms with Crippen molar-refractivity contribution in [2.75, 3.05) is 22.6 Å². The molecule has 1 fully saturated rings. The molecule has 1 amide bonds. The lowest BCUT2D eigenvalue weighted by molar-refractivity contribution is -0.144. The summed E-state index contributed by atoms with van der Waals surface area (Å²) in [7, 11) is 0. The fourth-order valence-electron chi connectivity index (χ4n) is 6.15. The summed E-state index contributed by atoms with van der Waals surface area (Å²) < 4.78 is 49.0. The number of hydrogen-bond donors (Lipinski definition) is 3. The Bertz CT molecular complexity index is 1450. The first-order chi connectivity index (χ1) is 20.1. The van der Waals surface area contributed by atoms with Gasteiger partial charge in [0.05, 0.1) is 35.5 Å². The van der Waals surface area contributed by atoms with Crippen molar-refractivity contribution in [3.8, 4) is 0 Å². The lowest BCUT2D eigenvalue weighted by Gasteiger charge is -2.43. The van der Waals surface area contributed by atoms with Crippen molar-refractivity contribution in [2.24, 2.45) is 11.8 Å². The van der Waals surface area contributed by atoms with Crippen LogP contribution in [0.1, 0.15) is 63.0 Å². The molecule has 0 bridgehead atoms. The van der Waals surface area contributed by atoms with E-state index >= 15 is 4.39 Å². The van der Waals surface area contributed by atoms with Crippen LogP contribution in [0.25, 0.3) is 0 Å². The molecule has 6 nitrogen and oxygen atoms in total. The van der Waals surface area contributed by atoms with Crippen LogP contribution in [0.5, 0.6) is 0 Å². The van der Waals surface area contributed by atoms with Gasteiger partial charge in [-0.05, 0) is 68.0 Å². The van der Waals surface area contributed by atoms with Gasteiger partial charge in [-0.3, -0.25) is 9.59 Å². The van der Waals surface area contributed by atoms with Crippen LogP contribution in [0.3, 0.4) is 0 Å². The minimum atomic E-state index is -1.31. The van der Waals surface area contributed by atoms with Crippen molar-refractivity contribution in [2.45, 2.75) is 57.5 Å². The number of fused-ring (bicyclic) bond motifs is 1. The third kappa shape index (κ3) is 5.79. The van der Waals surface area contributed by atoms with Gasteiger partial charge in [0.15, 0.2) is 11.6 Å². The van der Waals surface area contributed by atoms with Gasteiger partial charge in [0.1, 0.15) is 11.5 Å². The lowest BCUT2D eigenvalue weighted by atomic mass is 9.71. The predicted molar refractivity (Wildman–Crippen MR) is 157 cm³/mol. The molecule has 3 aromatic rings. The van der Waals surface area contributed by atoms with Gasteiger partial charge in [-0.25, -0.2) is 13.2 Å². The molecular formula is C32H33ClF3N3O3. The Morgan fingerprint density at radius 2 is 1.57 bits per heavy atom. The molecule has 0 aromatic heterocycles. The number of esters is 1. The van der Waals surface area contributed by atoms with Crippen LogP contribution in [0.15, 0.2) is 54.6 Å². The van der Waals surface area contributed by atoms with Gasteiger partial charge in [-0.2, -0.15) is 0 Å². The summed E-state index contributed by atoms with van der Waals surface area (Å²) in [5.74, 6) is -5.31. The first-order valence-corrected chi connectivity index (χ1v) is 14.6. The zero-order chi connectivity index (χ0) is 30.0. The molecule has 2 aliphatic rings. The Morgan fingerprint density at radius 3 is 2.14 bits per heavy atom. The lowest BCUT2D eigenvalue weighted by Crippen LogP contribution is -2.54. The van der Waals surface area contributed by atoms with E-state index in [9.17, 15) is 18.4 Å². The van der Waals surface area contributed by atoms with Gasteiger partial charge in [0, 0.05) is 17.2 Å². The molecule has 1 aliphatic heterocycles. The summed E-state index contributed by atoms with van der Waals surface area (Å²) in [6.45, 7) is 3.53. The quantitative estimate of drug-likeness (QED) is 0.229. The van der Waals surface area contributed by atoms with E-state index in [-0.39, 0.29) is 18.2 Å². The van der Waals surface area contributed by atoms with Crippen molar-refractivity contribution >= 4 is 40.5 Å². The van der Waals surface area contributed by atoms with Gasteiger partial charge in [0.2, 0.25) is 5.91 Å².